The number of methoxy groups -OCH3 is 3. The Labute approximate surface area is 243 Å². The number of aromatic nitrogens is 3. The minimum Gasteiger partial charge on any atom is -0.493 e. The van der Waals surface area contributed by atoms with E-state index < -0.39 is 11.9 Å². The van der Waals surface area contributed by atoms with Crippen LogP contribution in [-0.4, -0.2) is 54.8 Å². The summed E-state index contributed by atoms with van der Waals surface area (Å²) in [6, 6.07) is 10.8. The third-order valence-corrected chi connectivity index (χ3v) is 7.36. The topological polar surface area (TPSA) is 148 Å². The smallest absolute Gasteiger partial charge is 0.338 e. The number of pyridine rings is 1. The van der Waals surface area contributed by atoms with Gasteiger partial charge in [-0.3, -0.25) is 9.78 Å². The maximum atomic E-state index is 12.5. The van der Waals surface area contributed by atoms with Crippen LogP contribution in [0.1, 0.15) is 52.8 Å². The highest BCUT2D eigenvalue weighted by Crippen LogP contribution is 2.36. The number of nitrogens with zero attached hydrogens (tertiary/aromatic N) is 3. The van der Waals surface area contributed by atoms with Crippen LogP contribution in [0.4, 0.5) is 11.4 Å². The molecule has 1 aliphatic rings. The molecule has 0 aliphatic heterocycles. The predicted molar refractivity (Wildman–Crippen MR) is 158 cm³/mol. The standard InChI is InChI=1S/C31H33N5O6/c1-39-29-24(15-34-31(36-29)41-3)19-9-10-23-26(13-19)33-16-25(28(32)37)27(23)35-21-11-20(30(38)40-2)12-22(14-21)42-17-18-7-5-4-6-8-18/h9-16,18H,4-8,17H2,1-3H3,(H2,32,37)(H,33,35). The molecule has 2 aromatic carbocycles. The molecule has 0 radical (unpaired) electrons. The van der Waals surface area contributed by atoms with Crippen LogP contribution in [0.3, 0.4) is 0 Å². The van der Waals surface area contributed by atoms with E-state index in [0.717, 1.165) is 18.4 Å². The molecule has 0 saturated heterocycles. The lowest BCUT2D eigenvalue weighted by atomic mass is 9.90. The van der Waals surface area contributed by atoms with Gasteiger partial charge in [-0.25, -0.2) is 9.78 Å². The second-order valence-corrected chi connectivity index (χ2v) is 10.1. The number of carbonyl (C=O) groups excluding carboxylic acids is 2. The van der Waals surface area contributed by atoms with Gasteiger partial charge in [-0.05, 0) is 42.5 Å². The average molecular weight is 572 g/mol. The van der Waals surface area contributed by atoms with Gasteiger partial charge in [0.15, 0.2) is 0 Å². The molecule has 2 heterocycles. The van der Waals surface area contributed by atoms with Gasteiger partial charge in [0.05, 0.1) is 55.8 Å². The number of anilines is 2. The fourth-order valence-electron chi connectivity index (χ4n) is 5.19. The van der Waals surface area contributed by atoms with Gasteiger partial charge >= 0.3 is 12.0 Å². The van der Waals surface area contributed by atoms with Crippen molar-refractivity contribution in [2.24, 2.45) is 11.7 Å². The molecule has 42 heavy (non-hydrogen) atoms. The van der Waals surface area contributed by atoms with Crippen LogP contribution < -0.4 is 25.3 Å². The van der Waals surface area contributed by atoms with Crippen molar-refractivity contribution in [1.82, 2.24) is 15.0 Å². The van der Waals surface area contributed by atoms with Crippen LogP contribution in [0.2, 0.25) is 0 Å². The van der Waals surface area contributed by atoms with E-state index in [4.69, 9.17) is 24.7 Å². The number of esters is 1. The van der Waals surface area contributed by atoms with Crippen molar-refractivity contribution >= 4 is 34.2 Å². The van der Waals surface area contributed by atoms with E-state index in [1.807, 2.05) is 18.2 Å². The summed E-state index contributed by atoms with van der Waals surface area (Å²) >= 11 is 0. The van der Waals surface area contributed by atoms with E-state index in [9.17, 15) is 9.59 Å². The van der Waals surface area contributed by atoms with Gasteiger partial charge in [0.25, 0.3) is 5.91 Å². The lowest BCUT2D eigenvalue weighted by Gasteiger charge is -2.22. The zero-order valence-corrected chi connectivity index (χ0v) is 23.8. The van der Waals surface area contributed by atoms with E-state index in [1.54, 1.807) is 24.4 Å². The summed E-state index contributed by atoms with van der Waals surface area (Å²) in [6.45, 7) is 0.566. The van der Waals surface area contributed by atoms with Gasteiger partial charge < -0.3 is 30.0 Å². The van der Waals surface area contributed by atoms with E-state index in [2.05, 4.69) is 20.3 Å². The summed E-state index contributed by atoms with van der Waals surface area (Å²) < 4.78 is 21.7. The second-order valence-electron chi connectivity index (χ2n) is 10.1. The lowest BCUT2D eigenvalue weighted by molar-refractivity contribution is 0.0600. The largest absolute Gasteiger partial charge is 0.493 e. The number of benzene rings is 2. The highest BCUT2D eigenvalue weighted by atomic mass is 16.5. The molecule has 11 heteroatoms. The Hall–Kier alpha value is -4.93. The molecule has 5 rings (SSSR count). The van der Waals surface area contributed by atoms with Crippen LogP contribution in [0.25, 0.3) is 22.0 Å². The van der Waals surface area contributed by atoms with Gasteiger partial charge in [0.2, 0.25) is 5.88 Å². The van der Waals surface area contributed by atoms with Crippen LogP contribution in [0.5, 0.6) is 17.6 Å². The molecule has 218 valence electrons. The van der Waals surface area contributed by atoms with Crippen molar-refractivity contribution in [2.45, 2.75) is 32.1 Å². The third kappa shape index (κ3) is 6.19. The van der Waals surface area contributed by atoms with Gasteiger partial charge in [0.1, 0.15) is 5.75 Å². The molecule has 2 aromatic heterocycles. The SMILES string of the molecule is COC(=O)c1cc(Nc2c(C(N)=O)cnc3cc(-c4cnc(OC)nc4OC)ccc23)cc(OCC2CCCCC2)c1. The van der Waals surface area contributed by atoms with Crippen LogP contribution >= 0.6 is 0 Å². The Bertz CT molecular complexity index is 1620. The molecular weight excluding hydrogens is 538 g/mol. The number of ether oxygens (including phenoxy) is 4. The Morgan fingerprint density at radius 2 is 1.79 bits per heavy atom. The van der Waals surface area contributed by atoms with E-state index in [1.165, 1.54) is 46.8 Å². The highest BCUT2D eigenvalue weighted by Gasteiger charge is 2.19. The first-order valence-corrected chi connectivity index (χ1v) is 13.7. The molecule has 3 N–H and O–H groups in total. The van der Waals surface area contributed by atoms with Crippen molar-refractivity contribution in [3.05, 3.63) is 59.9 Å². The fourth-order valence-corrected chi connectivity index (χ4v) is 5.19. The maximum Gasteiger partial charge on any atom is 0.338 e. The number of hydrogen-bond acceptors (Lipinski definition) is 10. The van der Waals surface area contributed by atoms with Crippen molar-refractivity contribution in [3.63, 3.8) is 0 Å². The molecule has 0 atom stereocenters. The Morgan fingerprint density at radius 1 is 0.976 bits per heavy atom. The van der Waals surface area contributed by atoms with Gasteiger partial charge in [-0.2, -0.15) is 4.98 Å². The summed E-state index contributed by atoms with van der Waals surface area (Å²) in [4.78, 5) is 37.9. The van der Waals surface area contributed by atoms with Crippen molar-refractivity contribution in [3.8, 4) is 28.8 Å². The summed E-state index contributed by atoms with van der Waals surface area (Å²) in [5.74, 6) is 0.189. The minimum absolute atomic E-state index is 0.184. The quantitative estimate of drug-likeness (QED) is 0.240. The minimum atomic E-state index is -0.654. The molecule has 0 spiro atoms. The number of amides is 1. The van der Waals surface area contributed by atoms with Crippen molar-refractivity contribution < 1.29 is 28.5 Å². The third-order valence-electron chi connectivity index (χ3n) is 7.36. The molecular formula is C31H33N5O6. The first kappa shape index (κ1) is 28.6. The lowest BCUT2D eigenvalue weighted by Crippen LogP contribution is -2.16. The number of hydrogen-bond donors (Lipinski definition) is 2. The van der Waals surface area contributed by atoms with E-state index >= 15 is 0 Å². The summed E-state index contributed by atoms with van der Waals surface area (Å²) in [7, 11) is 4.32. The molecule has 1 fully saturated rings. The average Bonchev–Trinajstić information content (AvgIpc) is 3.03. The zero-order chi connectivity index (χ0) is 29.6. The van der Waals surface area contributed by atoms with Crippen LogP contribution in [0.15, 0.2) is 48.8 Å². The number of rotatable bonds is 10. The number of carbonyl (C=O) groups is 2. The normalized spacial score (nSPS) is 13.4. The summed E-state index contributed by atoms with van der Waals surface area (Å²) in [6.07, 6.45) is 8.95. The molecule has 1 amide bonds. The highest BCUT2D eigenvalue weighted by molar-refractivity contribution is 6.08. The number of nitrogens with two attached hydrogens (primary N) is 1. The Morgan fingerprint density at radius 3 is 2.50 bits per heavy atom. The van der Waals surface area contributed by atoms with Gasteiger partial charge in [0, 0.05) is 29.5 Å². The van der Waals surface area contributed by atoms with Gasteiger partial charge in [-0.15, -0.1) is 0 Å². The summed E-state index contributed by atoms with van der Waals surface area (Å²) in [5, 5.41) is 3.93. The second kappa shape index (κ2) is 12.7. The predicted octanol–water partition coefficient (Wildman–Crippen LogP) is 5.30. The molecule has 4 aromatic rings. The van der Waals surface area contributed by atoms with E-state index in [0.29, 0.717) is 57.6 Å². The molecule has 1 saturated carbocycles. The van der Waals surface area contributed by atoms with Gasteiger partial charge in [-0.1, -0.05) is 31.4 Å². The first-order valence-electron chi connectivity index (χ1n) is 13.7. The molecule has 0 unspecified atom stereocenters. The number of fused-ring (bicyclic) bond motifs is 1. The van der Waals surface area contributed by atoms with Crippen LogP contribution in [0, 0.1) is 5.92 Å². The first-order chi connectivity index (χ1) is 20.4. The Kier molecular flexibility index (Phi) is 8.66. The van der Waals surface area contributed by atoms with Crippen molar-refractivity contribution in [1.29, 1.82) is 0 Å². The number of primary amides is 1. The summed E-state index contributed by atoms with van der Waals surface area (Å²) in [5.41, 5.74) is 9.18. The zero-order valence-electron chi connectivity index (χ0n) is 23.8. The fraction of sp³-hybridized carbons (Fsp3) is 0.323. The number of nitrogens with one attached hydrogen (secondary N) is 1. The molecule has 0 bridgehead atoms. The van der Waals surface area contributed by atoms with E-state index in [-0.39, 0.29) is 11.6 Å². The van der Waals surface area contributed by atoms with Crippen molar-refractivity contribution in [2.75, 3.05) is 33.3 Å². The molecule has 1 aliphatic carbocycles. The van der Waals surface area contributed by atoms with Crippen LogP contribution in [-0.2, 0) is 4.74 Å². The maximum absolute atomic E-state index is 12.5. The monoisotopic (exact) mass is 571 g/mol. The Balaban J connectivity index is 1.53. The molecule has 11 nitrogen and oxygen atoms in total.